The molecule has 1 heterocycles. The Hall–Kier alpha value is -1.75. The number of rotatable bonds is 5. The number of hydrogen-bond donors (Lipinski definition) is 0. The van der Waals surface area contributed by atoms with Crippen molar-refractivity contribution in [2.45, 2.75) is 17.7 Å². The molecule has 0 N–H and O–H groups in total. The molecule has 1 aliphatic rings. The molecule has 0 radical (unpaired) electrons. The van der Waals surface area contributed by atoms with Crippen molar-refractivity contribution in [2.24, 2.45) is 10.2 Å². The summed E-state index contributed by atoms with van der Waals surface area (Å²) < 4.78 is 28.1. The standard InChI is InChI=1S/C24H34N7O2S.Zn/c1-30(2)23-9-5-21(6-10-23)28-29-22-7-11-24(12-8-22)34(32,33)31-19-4-15-26-17-16-25-13-3-14-27-18-20-31;/h5-12H,3-4,13-20H2,1-2H3;/q-3;. The maximum Gasteiger partial charge on any atom is 0.243 e. The van der Waals surface area contributed by atoms with E-state index in [0.717, 1.165) is 30.9 Å². The summed E-state index contributed by atoms with van der Waals surface area (Å²) >= 11 is 0. The van der Waals surface area contributed by atoms with E-state index in [0.29, 0.717) is 51.4 Å². The zero-order valence-electron chi connectivity index (χ0n) is 20.8. The van der Waals surface area contributed by atoms with E-state index in [1.807, 2.05) is 43.3 Å². The van der Waals surface area contributed by atoms with E-state index in [1.54, 1.807) is 24.3 Å². The fourth-order valence-corrected chi connectivity index (χ4v) is 4.90. The number of benzene rings is 2. The Labute approximate surface area is 222 Å². The van der Waals surface area contributed by atoms with Crippen LogP contribution in [-0.2, 0) is 29.5 Å². The minimum atomic E-state index is -3.63. The summed E-state index contributed by atoms with van der Waals surface area (Å²) in [6.45, 7) is 4.81. The summed E-state index contributed by atoms with van der Waals surface area (Å²) in [5.74, 6) is 0. The maximum atomic E-state index is 13.3. The first-order chi connectivity index (χ1) is 16.5. The SMILES string of the molecule is CN(C)c1ccc(N=Nc2ccc(S(=O)(=O)N3CCC[N-]CC[N-]CCC[N-]CC3)cc2)cc1.[Zn]. The molecule has 1 saturated heterocycles. The number of nitrogens with zero attached hydrogens (tertiary/aromatic N) is 7. The summed E-state index contributed by atoms with van der Waals surface area (Å²) in [5, 5.41) is 21.8. The molecule has 1 aliphatic heterocycles. The van der Waals surface area contributed by atoms with Crippen LogP contribution >= 0.6 is 0 Å². The van der Waals surface area contributed by atoms with E-state index in [1.165, 1.54) is 4.31 Å². The molecule has 2 aromatic carbocycles. The van der Waals surface area contributed by atoms with Crippen LogP contribution < -0.4 is 4.90 Å². The van der Waals surface area contributed by atoms with Crippen molar-refractivity contribution in [3.8, 4) is 0 Å². The molecule has 0 saturated carbocycles. The van der Waals surface area contributed by atoms with Gasteiger partial charge in [-0.3, -0.25) is 0 Å². The van der Waals surface area contributed by atoms with Crippen molar-refractivity contribution in [3.05, 3.63) is 64.5 Å². The van der Waals surface area contributed by atoms with Crippen molar-refractivity contribution < 1.29 is 27.9 Å². The maximum absolute atomic E-state index is 13.3. The van der Waals surface area contributed by atoms with Gasteiger partial charge in [0.25, 0.3) is 0 Å². The Morgan fingerprint density at radius 2 is 1.23 bits per heavy atom. The van der Waals surface area contributed by atoms with Crippen LogP contribution in [-0.4, -0.2) is 79.2 Å². The average molecular weight is 550 g/mol. The number of hydrogen-bond acceptors (Lipinski definition) is 5. The van der Waals surface area contributed by atoms with E-state index in [2.05, 4.69) is 26.2 Å². The first kappa shape index (κ1) is 29.5. The van der Waals surface area contributed by atoms with E-state index >= 15 is 0 Å². The zero-order chi connectivity index (χ0) is 24.2. The fraction of sp³-hybridized carbons (Fsp3) is 0.500. The Kier molecular flexibility index (Phi) is 13.0. The Morgan fingerprint density at radius 3 is 1.80 bits per heavy atom. The van der Waals surface area contributed by atoms with Gasteiger partial charge in [0.1, 0.15) is 0 Å². The van der Waals surface area contributed by atoms with E-state index in [-0.39, 0.29) is 24.4 Å². The largest absolute Gasteiger partial charge is 0.664 e. The Balaban J connectivity index is 0.00000432. The Bertz CT molecular complexity index is 986. The third kappa shape index (κ3) is 9.67. The summed E-state index contributed by atoms with van der Waals surface area (Å²) in [5.41, 5.74) is 2.41. The van der Waals surface area contributed by atoms with Gasteiger partial charge in [-0.15, -0.1) is 13.1 Å². The van der Waals surface area contributed by atoms with Gasteiger partial charge < -0.3 is 20.9 Å². The third-order valence-electron chi connectivity index (χ3n) is 5.40. The van der Waals surface area contributed by atoms with Gasteiger partial charge in [-0.2, -0.15) is 40.7 Å². The van der Waals surface area contributed by atoms with Gasteiger partial charge in [0, 0.05) is 45.8 Å². The molecule has 2 aromatic rings. The van der Waals surface area contributed by atoms with E-state index < -0.39 is 10.0 Å². The summed E-state index contributed by atoms with van der Waals surface area (Å²) in [6.07, 6.45) is 1.57. The summed E-state index contributed by atoms with van der Waals surface area (Å²) in [6, 6.07) is 14.3. The molecule has 3 rings (SSSR count). The predicted octanol–water partition coefficient (Wildman–Crippen LogP) is 5.07. The van der Waals surface area contributed by atoms with Crippen molar-refractivity contribution in [3.63, 3.8) is 0 Å². The number of azo groups is 1. The van der Waals surface area contributed by atoms with E-state index in [4.69, 9.17) is 0 Å². The van der Waals surface area contributed by atoms with Gasteiger partial charge in [-0.25, -0.2) is 8.42 Å². The van der Waals surface area contributed by atoms with Crippen LogP contribution in [0.2, 0.25) is 0 Å². The minimum absolute atomic E-state index is 0. The van der Waals surface area contributed by atoms with Gasteiger partial charge in [-0.05, 0) is 55.1 Å². The van der Waals surface area contributed by atoms with Crippen LogP contribution in [0, 0.1) is 0 Å². The topological polar surface area (TPSA) is 108 Å². The molecule has 0 spiro atoms. The molecule has 35 heavy (non-hydrogen) atoms. The second kappa shape index (κ2) is 15.4. The molecular weight excluding hydrogens is 516 g/mol. The molecular formula is C24H34N7O2SZn-3. The fourth-order valence-electron chi connectivity index (χ4n) is 3.43. The number of sulfonamides is 1. The molecule has 0 atom stereocenters. The van der Waals surface area contributed by atoms with Crippen LogP contribution in [0.15, 0.2) is 63.7 Å². The molecule has 1 fully saturated rings. The van der Waals surface area contributed by atoms with Crippen LogP contribution in [0.1, 0.15) is 12.8 Å². The predicted molar refractivity (Wildman–Crippen MR) is 139 cm³/mol. The van der Waals surface area contributed by atoms with Gasteiger partial charge in [-0.1, -0.05) is 12.8 Å². The third-order valence-corrected chi connectivity index (χ3v) is 7.31. The molecule has 0 aliphatic carbocycles. The molecule has 0 amide bonds. The zero-order valence-corrected chi connectivity index (χ0v) is 24.5. The first-order valence-corrected chi connectivity index (χ1v) is 13.1. The van der Waals surface area contributed by atoms with Crippen molar-refractivity contribution in [1.82, 2.24) is 4.31 Å². The van der Waals surface area contributed by atoms with Crippen molar-refractivity contribution >= 4 is 27.1 Å². The van der Waals surface area contributed by atoms with Gasteiger partial charge in [0.2, 0.25) is 10.0 Å². The molecule has 9 nitrogen and oxygen atoms in total. The quantitative estimate of drug-likeness (QED) is 0.383. The van der Waals surface area contributed by atoms with Crippen molar-refractivity contribution in [1.29, 1.82) is 0 Å². The second-order valence-electron chi connectivity index (χ2n) is 8.23. The smallest absolute Gasteiger partial charge is 0.243 e. The summed E-state index contributed by atoms with van der Waals surface area (Å²) in [7, 11) is 0.333. The first-order valence-electron chi connectivity index (χ1n) is 11.7. The Morgan fingerprint density at radius 1 is 0.714 bits per heavy atom. The van der Waals surface area contributed by atoms with Crippen LogP contribution in [0.4, 0.5) is 17.1 Å². The molecule has 0 unspecified atom stereocenters. The number of anilines is 1. The molecule has 11 heteroatoms. The summed E-state index contributed by atoms with van der Waals surface area (Å²) in [4.78, 5) is 2.26. The normalized spacial score (nSPS) is 17.4. The minimum Gasteiger partial charge on any atom is -0.664 e. The molecule has 0 bridgehead atoms. The second-order valence-corrected chi connectivity index (χ2v) is 10.2. The molecule has 0 aromatic heterocycles. The van der Waals surface area contributed by atoms with Crippen LogP contribution in [0.3, 0.4) is 0 Å². The van der Waals surface area contributed by atoms with Crippen LogP contribution in [0.25, 0.3) is 16.0 Å². The van der Waals surface area contributed by atoms with E-state index in [9.17, 15) is 8.42 Å². The van der Waals surface area contributed by atoms with Crippen molar-refractivity contribution in [2.75, 3.05) is 71.4 Å². The molecule has 188 valence electrons. The van der Waals surface area contributed by atoms with Crippen LogP contribution in [0.5, 0.6) is 0 Å². The average Bonchev–Trinajstić information content (AvgIpc) is 2.84. The van der Waals surface area contributed by atoms with Gasteiger partial charge >= 0.3 is 0 Å². The van der Waals surface area contributed by atoms with Gasteiger partial charge in [0.15, 0.2) is 0 Å². The monoisotopic (exact) mass is 548 g/mol. The van der Waals surface area contributed by atoms with Gasteiger partial charge in [0.05, 0.1) is 16.3 Å².